The van der Waals surface area contributed by atoms with Gasteiger partial charge in [-0.1, -0.05) is 12.1 Å². The predicted molar refractivity (Wildman–Crippen MR) is 69.0 cm³/mol. The van der Waals surface area contributed by atoms with Crippen LogP contribution in [0.25, 0.3) is 0 Å². The number of rotatable bonds is 5. The minimum Gasteiger partial charge on any atom is -0.478 e. The van der Waals surface area contributed by atoms with Crippen molar-refractivity contribution in [1.29, 1.82) is 0 Å². The number of hydrogen-bond acceptors (Lipinski definition) is 3. The highest BCUT2D eigenvalue weighted by molar-refractivity contribution is 5.88. The molecule has 0 aliphatic carbocycles. The summed E-state index contributed by atoms with van der Waals surface area (Å²) in [4.78, 5) is 22.6. The molecule has 5 nitrogen and oxygen atoms in total. The van der Waals surface area contributed by atoms with Gasteiger partial charge in [0, 0.05) is 19.1 Å². The van der Waals surface area contributed by atoms with Gasteiger partial charge in [-0.3, -0.25) is 4.79 Å². The first-order valence-electron chi connectivity index (χ1n) is 6.32. The SMILES string of the molecule is O=C(Cc1cccc(C(=O)O)c1)NCC1CCOC1. The van der Waals surface area contributed by atoms with Crippen molar-refractivity contribution in [1.82, 2.24) is 5.32 Å². The van der Waals surface area contributed by atoms with Crippen LogP contribution in [-0.2, 0) is 16.0 Å². The molecule has 19 heavy (non-hydrogen) atoms. The molecule has 0 radical (unpaired) electrons. The zero-order valence-electron chi connectivity index (χ0n) is 10.6. The predicted octanol–water partition coefficient (Wildman–Crippen LogP) is 1.08. The molecular formula is C14H17NO4. The molecule has 1 heterocycles. The van der Waals surface area contributed by atoms with Crippen LogP contribution in [0.4, 0.5) is 0 Å². The molecule has 1 aliphatic rings. The van der Waals surface area contributed by atoms with E-state index in [2.05, 4.69) is 5.32 Å². The standard InChI is InChI=1S/C14H17NO4/c16-13(15-8-11-4-5-19-9-11)7-10-2-1-3-12(6-10)14(17)18/h1-3,6,11H,4-5,7-9H2,(H,15,16)(H,17,18). The van der Waals surface area contributed by atoms with E-state index in [-0.39, 0.29) is 17.9 Å². The third-order valence-corrected chi connectivity index (χ3v) is 3.15. The number of carbonyl (C=O) groups is 2. The Labute approximate surface area is 111 Å². The van der Waals surface area contributed by atoms with E-state index in [0.29, 0.717) is 24.6 Å². The normalized spacial score (nSPS) is 18.2. The molecule has 2 N–H and O–H groups in total. The monoisotopic (exact) mass is 263 g/mol. The van der Waals surface area contributed by atoms with Crippen molar-refractivity contribution in [2.45, 2.75) is 12.8 Å². The van der Waals surface area contributed by atoms with E-state index in [0.717, 1.165) is 13.0 Å². The molecule has 1 amide bonds. The zero-order valence-corrected chi connectivity index (χ0v) is 10.6. The molecule has 0 saturated carbocycles. The van der Waals surface area contributed by atoms with Crippen LogP contribution >= 0.6 is 0 Å². The Balaban J connectivity index is 1.84. The largest absolute Gasteiger partial charge is 0.478 e. The second kappa shape index (κ2) is 6.33. The van der Waals surface area contributed by atoms with Crippen LogP contribution in [-0.4, -0.2) is 36.7 Å². The lowest BCUT2D eigenvalue weighted by molar-refractivity contribution is -0.120. The topological polar surface area (TPSA) is 75.6 Å². The Hall–Kier alpha value is -1.88. The Bertz CT molecular complexity index is 466. The van der Waals surface area contributed by atoms with E-state index < -0.39 is 5.97 Å². The Morgan fingerprint density at radius 1 is 1.42 bits per heavy atom. The summed E-state index contributed by atoms with van der Waals surface area (Å²) in [5.74, 6) is -0.672. The number of hydrogen-bond donors (Lipinski definition) is 2. The van der Waals surface area contributed by atoms with Crippen molar-refractivity contribution < 1.29 is 19.4 Å². The first kappa shape index (κ1) is 13.5. The molecule has 0 spiro atoms. The summed E-state index contributed by atoms with van der Waals surface area (Å²) in [7, 11) is 0. The molecule has 1 aromatic rings. The van der Waals surface area contributed by atoms with Crippen LogP contribution in [0.15, 0.2) is 24.3 Å². The number of carboxylic acid groups (broad SMARTS) is 1. The van der Waals surface area contributed by atoms with Crippen molar-refractivity contribution in [3.05, 3.63) is 35.4 Å². The maximum absolute atomic E-state index is 11.8. The van der Waals surface area contributed by atoms with E-state index in [9.17, 15) is 9.59 Å². The zero-order chi connectivity index (χ0) is 13.7. The summed E-state index contributed by atoms with van der Waals surface area (Å²) in [6.07, 6.45) is 1.18. The van der Waals surface area contributed by atoms with Gasteiger partial charge in [0.05, 0.1) is 18.6 Å². The summed E-state index contributed by atoms with van der Waals surface area (Å²) >= 11 is 0. The number of ether oxygens (including phenoxy) is 1. The molecule has 1 atom stereocenters. The van der Waals surface area contributed by atoms with Crippen LogP contribution in [0.1, 0.15) is 22.3 Å². The summed E-state index contributed by atoms with van der Waals surface area (Å²) in [6, 6.07) is 6.45. The second-order valence-corrected chi connectivity index (χ2v) is 4.72. The number of nitrogens with one attached hydrogen (secondary N) is 1. The maximum Gasteiger partial charge on any atom is 0.335 e. The van der Waals surface area contributed by atoms with E-state index >= 15 is 0 Å². The van der Waals surface area contributed by atoms with Crippen molar-refractivity contribution in [3.8, 4) is 0 Å². The first-order chi connectivity index (χ1) is 9.15. The van der Waals surface area contributed by atoms with Gasteiger partial charge >= 0.3 is 5.97 Å². The second-order valence-electron chi connectivity index (χ2n) is 4.72. The number of benzene rings is 1. The number of carboxylic acids is 1. The Morgan fingerprint density at radius 3 is 2.95 bits per heavy atom. The van der Waals surface area contributed by atoms with E-state index in [4.69, 9.17) is 9.84 Å². The lowest BCUT2D eigenvalue weighted by Gasteiger charge is -2.09. The van der Waals surface area contributed by atoms with Crippen LogP contribution in [0.2, 0.25) is 0 Å². The van der Waals surface area contributed by atoms with Crippen molar-refractivity contribution >= 4 is 11.9 Å². The third-order valence-electron chi connectivity index (χ3n) is 3.15. The molecule has 1 unspecified atom stereocenters. The highest BCUT2D eigenvalue weighted by atomic mass is 16.5. The molecule has 0 aromatic heterocycles. The molecule has 102 valence electrons. The summed E-state index contributed by atoms with van der Waals surface area (Å²) in [5.41, 5.74) is 0.912. The van der Waals surface area contributed by atoms with Gasteiger partial charge in [-0.2, -0.15) is 0 Å². The minimum absolute atomic E-state index is 0.0885. The molecule has 2 rings (SSSR count). The number of amides is 1. The van der Waals surface area contributed by atoms with Crippen molar-refractivity contribution in [3.63, 3.8) is 0 Å². The summed E-state index contributed by atoms with van der Waals surface area (Å²) in [6.45, 7) is 2.09. The fourth-order valence-electron chi connectivity index (χ4n) is 2.06. The van der Waals surface area contributed by atoms with E-state index in [1.165, 1.54) is 12.1 Å². The van der Waals surface area contributed by atoms with Crippen LogP contribution in [0, 0.1) is 5.92 Å². The van der Waals surface area contributed by atoms with E-state index in [1.54, 1.807) is 12.1 Å². The van der Waals surface area contributed by atoms with E-state index in [1.807, 2.05) is 0 Å². The smallest absolute Gasteiger partial charge is 0.335 e. The minimum atomic E-state index is -0.981. The van der Waals surface area contributed by atoms with Gasteiger partial charge in [0.2, 0.25) is 5.91 Å². The molecule has 1 saturated heterocycles. The Kier molecular flexibility index (Phi) is 4.52. The average molecular weight is 263 g/mol. The molecule has 1 aromatic carbocycles. The lowest BCUT2D eigenvalue weighted by Crippen LogP contribution is -2.30. The van der Waals surface area contributed by atoms with Crippen molar-refractivity contribution in [2.24, 2.45) is 5.92 Å². The maximum atomic E-state index is 11.8. The quantitative estimate of drug-likeness (QED) is 0.833. The van der Waals surface area contributed by atoms with Crippen LogP contribution in [0.5, 0.6) is 0 Å². The van der Waals surface area contributed by atoms with Crippen molar-refractivity contribution in [2.75, 3.05) is 19.8 Å². The molecular weight excluding hydrogens is 246 g/mol. The van der Waals surface area contributed by atoms with Gasteiger partial charge in [-0.25, -0.2) is 4.79 Å². The molecule has 1 aliphatic heterocycles. The molecule has 0 bridgehead atoms. The first-order valence-corrected chi connectivity index (χ1v) is 6.32. The van der Waals surface area contributed by atoms with Crippen LogP contribution in [0.3, 0.4) is 0 Å². The lowest BCUT2D eigenvalue weighted by atomic mass is 10.1. The summed E-state index contributed by atoms with van der Waals surface area (Å²) < 4.78 is 5.23. The fraction of sp³-hybridized carbons (Fsp3) is 0.429. The van der Waals surface area contributed by atoms with Gasteiger partial charge in [0.1, 0.15) is 0 Å². The third kappa shape index (κ3) is 4.06. The average Bonchev–Trinajstić information content (AvgIpc) is 2.90. The van der Waals surface area contributed by atoms with Gasteiger partial charge in [-0.15, -0.1) is 0 Å². The van der Waals surface area contributed by atoms with Gasteiger partial charge in [0.25, 0.3) is 0 Å². The van der Waals surface area contributed by atoms with Crippen LogP contribution < -0.4 is 5.32 Å². The number of carbonyl (C=O) groups excluding carboxylic acids is 1. The molecule has 1 fully saturated rings. The van der Waals surface area contributed by atoms with Gasteiger partial charge in [0.15, 0.2) is 0 Å². The number of aromatic carboxylic acids is 1. The highest BCUT2D eigenvalue weighted by Gasteiger charge is 2.16. The van der Waals surface area contributed by atoms with Gasteiger partial charge < -0.3 is 15.2 Å². The molecule has 5 heteroatoms. The summed E-state index contributed by atoms with van der Waals surface area (Å²) in [5, 5.41) is 11.7. The Morgan fingerprint density at radius 2 is 2.26 bits per heavy atom. The fourth-order valence-corrected chi connectivity index (χ4v) is 2.06. The van der Waals surface area contributed by atoms with Gasteiger partial charge in [-0.05, 0) is 24.1 Å². The highest BCUT2D eigenvalue weighted by Crippen LogP contribution is 2.11.